The van der Waals surface area contributed by atoms with E-state index in [2.05, 4.69) is 5.32 Å². The molecule has 1 saturated heterocycles. The first-order chi connectivity index (χ1) is 9.08. The molecule has 0 radical (unpaired) electrons. The zero-order valence-electron chi connectivity index (χ0n) is 9.99. The van der Waals surface area contributed by atoms with Gasteiger partial charge in [-0.2, -0.15) is 0 Å². The molecule has 2 amide bonds. The molecule has 1 heterocycles. The third-order valence-corrected chi connectivity index (χ3v) is 3.35. The number of hydrogen-bond acceptors (Lipinski definition) is 3. The van der Waals surface area contributed by atoms with Crippen LogP contribution in [0.4, 0.5) is 0 Å². The van der Waals surface area contributed by atoms with Gasteiger partial charge in [0.05, 0.1) is 29.7 Å². The Kier molecular flexibility index (Phi) is 4.63. The molecule has 1 fully saturated rings. The van der Waals surface area contributed by atoms with Crippen LogP contribution in [0.2, 0.25) is 10.0 Å². The molecule has 7 heteroatoms. The summed E-state index contributed by atoms with van der Waals surface area (Å²) in [6.45, 7) is 0.979. The van der Waals surface area contributed by atoms with Crippen molar-refractivity contribution < 1.29 is 14.4 Å². The maximum Gasteiger partial charge on any atom is 0.265 e. The summed E-state index contributed by atoms with van der Waals surface area (Å²) in [6.07, 6.45) is 0.812. The number of carbonyl (C=O) groups excluding carboxylic acids is 2. The lowest BCUT2D eigenvalue weighted by atomic mass is 10.2. The molecule has 1 aliphatic rings. The number of hydroxylamine groups is 2. The van der Waals surface area contributed by atoms with Gasteiger partial charge in [0.15, 0.2) is 0 Å². The van der Waals surface area contributed by atoms with Crippen LogP contribution in [-0.4, -0.2) is 36.6 Å². The highest BCUT2D eigenvalue weighted by atomic mass is 35.5. The number of nitrogens with one attached hydrogen (secondary N) is 1. The van der Waals surface area contributed by atoms with Crippen LogP contribution in [0.5, 0.6) is 0 Å². The molecule has 5 nitrogen and oxygen atoms in total. The van der Waals surface area contributed by atoms with E-state index in [4.69, 9.17) is 28.0 Å². The molecular formula is C12H12Cl2N2O3. The minimum absolute atomic E-state index is 0.112. The summed E-state index contributed by atoms with van der Waals surface area (Å²) in [5.74, 6) is -0.656. The zero-order chi connectivity index (χ0) is 13.8. The Morgan fingerprint density at radius 3 is 2.74 bits per heavy atom. The van der Waals surface area contributed by atoms with Gasteiger partial charge in [0.1, 0.15) is 0 Å². The van der Waals surface area contributed by atoms with Crippen LogP contribution in [0.1, 0.15) is 16.8 Å². The zero-order valence-corrected chi connectivity index (χ0v) is 11.5. The lowest BCUT2D eigenvalue weighted by molar-refractivity contribution is -0.167. The summed E-state index contributed by atoms with van der Waals surface area (Å²) in [5, 5.41) is 4.44. The Morgan fingerprint density at radius 2 is 2.11 bits per heavy atom. The van der Waals surface area contributed by atoms with Crippen LogP contribution in [0.3, 0.4) is 0 Å². The highest BCUT2D eigenvalue weighted by Gasteiger charge is 2.19. The first kappa shape index (κ1) is 14.1. The molecule has 0 atom stereocenters. The Morgan fingerprint density at radius 1 is 1.32 bits per heavy atom. The molecular weight excluding hydrogens is 291 g/mol. The van der Waals surface area contributed by atoms with Gasteiger partial charge in [0, 0.05) is 5.56 Å². The molecule has 0 bridgehead atoms. The van der Waals surface area contributed by atoms with E-state index in [9.17, 15) is 9.59 Å². The van der Waals surface area contributed by atoms with E-state index in [1.165, 1.54) is 17.2 Å². The van der Waals surface area contributed by atoms with Crippen molar-refractivity contribution in [3.8, 4) is 0 Å². The Balaban J connectivity index is 1.90. The number of hydrogen-bond donors (Lipinski definition) is 1. The molecule has 1 aliphatic heterocycles. The monoisotopic (exact) mass is 302 g/mol. The van der Waals surface area contributed by atoms with Gasteiger partial charge in [-0.3, -0.25) is 14.4 Å². The first-order valence-electron chi connectivity index (χ1n) is 5.74. The number of amides is 2. The molecule has 0 unspecified atom stereocenters. The van der Waals surface area contributed by atoms with Gasteiger partial charge in [-0.25, -0.2) is 5.06 Å². The quantitative estimate of drug-likeness (QED) is 0.927. The topological polar surface area (TPSA) is 58.6 Å². The third-order valence-electron chi connectivity index (χ3n) is 2.61. The normalized spacial score (nSPS) is 14.5. The van der Waals surface area contributed by atoms with Crippen molar-refractivity contribution in [1.29, 1.82) is 0 Å². The summed E-state index contributed by atoms with van der Waals surface area (Å²) in [4.78, 5) is 28.5. The second kappa shape index (κ2) is 6.23. The summed E-state index contributed by atoms with van der Waals surface area (Å²) in [7, 11) is 0. The largest absolute Gasteiger partial charge is 0.343 e. The number of rotatable bonds is 3. The van der Waals surface area contributed by atoms with E-state index in [1.807, 2.05) is 0 Å². The number of halogens is 2. The highest BCUT2D eigenvalue weighted by molar-refractivity contribution is 6.42. The molecule has 1 aromatic rings. The van der Waals surface area contributed by atoms with Crippen molar-refractivity contribution in [3.63, 3.8) is 0 Å². The standard InChI is InChI=1S/C12H12Cl2N2O3/c13-9-3-2-8(6-10(9)14)12(18)15-7-11(17)16-4-1-5-19-16/h2-3,6H,1,4-5,7H2,(H,15,18). The van der Waals surface area contributed by atoms with E-state index in [-0.39, 0.29) is 18.4 Å². The highest BCUT2D eigenvalue weighted by Crippen LogP contribution is 2.22. The van der Waals surface area contributed by atoms with Gasteiger partial charge in [-0.1, -0.05) is 23.2 Å². The van der Waals surface area contributed by atoms with E-state index in [0.717, 1.165) is 6.42 Å². The van der Waals surface area contributed by atoms with Crippen LogP contribution < -0.4 is 5.32 Å². The number of carbonyl (C=O) groups is 2. The summed E-state index contributed by atoms with van der Waals surface area (Å²) in [5.41, 5.74) is 0.351. The smallest absolute Gasteiger partial charge is 0.265 e. The fraction of sp³-hybridized carbons (Fsp3) is 0.333. The summed E-state index contributed by atoms with van der Waals surface area (Å²) < 4.78 is 0. The number of benzene rings is 1. The SMILES string of the molecule is O=C(NCC(=O)N1CCCO1)c1ccc(Cl)c(Cl)c1. The average molecular weight is 303 g/mol. The molecule has 1 aromatic carbocycles. The van der Waals surface area contributed by atoms with Gasteiger partial charge in [-0.05, 0) is 24.6 Å². The molecule has 0 saturated carbocycles. The predicted molar refractivity (Wildman–Crippen MR) is 71.1 cm³/mol. The Bertz CT molecular complexity index is 502. The van der Waals surface area contributed by atoms with E-state index in [0.29, 0.717) is 28.8 Å². The average Bonchev–Trinajstić information content (AvgIpc) is 2.92. The Labute approximate surface area is 120 Å². The van der Waals surface area contributed by atoms with Gasteiger partial charge < -0.3 is 5.32 Å². The second-order valence-corrected chi connectivity index (χ2v) is 4.81. The molecule has 0 spiro atoms. The fourth-order valence-corrected chi connectivity index (χ4v) is 1.93. The molecule has 1 N–H and O–H groups in total. The minimum Gasteiger partial charge on any atom is -0.343 e. The van der Waals surface area contributed by atoms with Crippen molar-refractivity contribution in [2.75, 3.05) is 19.7 Å². The summed E-state index contributed by atoms with van der Waals surface area (Å²) >= 11 is 11.6. The lowest BCUT2D eigenvalue weighted by Crippen LogP contribution is -2.38. The molecule has 0 aromatic heterocycles. The predicted octanol–water partition coefficient (Wildman–Crippen LogP) is 1.89. The minimum atomic E-state index is -0.383. The molecule has 2 rings (SSSR count). The van der Waals surface area contributed by atoms with Crippen molar-refractivity contribution in [2.24, 2.45) is 0 Å². The van der Waals surface area contributed by atoms with Gasteiger partial charge in [-0.15, -0.1) is 0 Å². The van der Waals surface area contributed by atoms with Crippen LogP contribution >= 0.6 is 23.2 Å². The van der Waals surface area contributed by atoms with Crippen LogP contribution in [0, 0.1) is 0 Å². The van der Waals surface area contributed by atoms with E-state index < -0.39 is 0 Å². The van der Waals surface area contributed by atoms with Gasteiger partial charge in [0.2, 0.25) is 0 Å². The maximum absolute atomic E-state index is 11.8. The van der Waals surface area contributed by atoms with Crippen molar-refractivity contribution >= 4 is 35.0 Å². The molecule has 0 aliphatic carbocycles. The van der Waals surface area contributed by atoms with E-state index in [1.54, 1.807) is 6.07 Å². The van der Waals surface area contributed by atoms with Crippen molar-refractivity contribution in [2.45, 2.75) is 6.42 Å². The van der Waals surface area contributed by atoms with Crippen molar-refractivity contribution in [1.82, 2.24) is 10.4 Å². The second-order valence-electron chi connectivity index (χ2n) is 3.99. The van der Waals surface area contributed by atoms with Gasteiger partial charge >= 0.3 is 0 Å². The molecule has 102 valence electrons. The fourth-order valence-electron chi connectivity index (χ4n) is 1.63. The van der Waals surface area contributed by atoms with E-state index >= 15 is 0 Å². The lowest BCUT2D eigenvalue weighted by Gasteiger charge is -2.14. The molecule has 19 heavy (non-hydrogen) atoms. The third kappa shape index (κ3) is 3.59. The maximum atomic E-state index is 11.8. The van der Waals surface area contributed by atoms with Crippen molar-refractivity contribution in [3.05, 3.63) is 33.8 Å². The Hall–Kier alpha value is -1.30. The van der Waals surface area contributed by atoms with Crippen LogP contribution in [-0.2, 0) is 9.63 Å². The van der Waals surface area contributed by atoms with Crippen LogP contribution in [0.15, 0.2) is 18.2 Å². The first-order valence-corrected chi connectivity index (χ1v) is 6.50. The number of nitrogens with zero attached hydrogens (tertiary/aromatic N) is 1. The van der Waals surface area contributed by atoms with Crippen LogP contribution in [0.25, 0.3) is 0 Å². The summed E-state index contributed by atoms with van der Waals surface area (Å²) in [6, 6.07) is 4.53. The van der Waals surface area contributed by atoms with Gasteiger partial charge in [0.25, 0.3) is 11.8 Å².